The van der Waals surface area contributed by atoms with E-state index in [4.69, 9.17) is 0 Å². The third-order valence-electron chi connectivity index (χ3n) is 6.59. The maximum Gasteiger partial charge on any atom is 0.323 e. The van der Waals surface area contributed by atoms with Crippen molar-refractivity contribution in [3.63, 3.8) is 0 Å². The first-order chi connectivity index (χ1) is 17.2. The molecule has 1 N–H and O–H groups in total. The number of hydrogen-bond donors (Lipinski definition) is 1. The highest BCUT2D eigenvalue weighted by Crippen LogP contribution is 2.27. The van der Waals surface area contributed by atoms with E-state index in [0.29, 0.717) is 6.54 Å². The van der Waals surface area contributed by atoms with Gasteiger partial charge in [0.1, 0.15) is 6.04 Å². The molecule has 1 unspecified atom stereocenters. The molecule has 1 fully saturated rings. The van der Waals surface area contributed by atoms with Gasteiger partial charge in [-0.3, -0.25) is 9.59 Å². The van der Waals surface area contributed by atoms with Crippen LogP contribution < -0.4 is 0 Å². The zero-order valence-electron chi connectivity index (χ0n) is 20.7. The highest BCUT2D eigenvalue weighted by molar-refractivity contribution is 9.10. The summed E-state index contributed by atoms with van der Waals surface area (Å²) in [4.78, 5) is 26.3. The number of carboxylic acid groups (broad SMARTS) is 1. The smallest absolute Gasteiger partial charge is 0.323 e. The summed E-state index contributed by atoms with van der Waals surface area (Å²) < 4.78 is 28.5. The summed E-state index contributed by atoms with van der Waals surface area (Å²) in [5, 5.41) is 9.80. The molecule has 0 spiro atoms. The Bertz CT molecular complexity index is 1120. The Labute approximate surface area is 222 Å². The summed E-state index contributed by atoms with van der Waals surface area (Å²) in [5.41, 5.74) is 1.76. The Balaban J connectivity index is 1.63. The maximum absolute atomic E-state index is 13.3. The first-order valence-corrected chi connectivity index (χ1v) is 14.9. The standard InChI is InChI=1S/C27H35BrN2O5S/c1-2-3-4-5-6-7-8-9-18-29-19-25(27(32)33)30(20-26(29)31)36(34,35)24-16-12-22(13-17-24)21-10-14-23(28)15-11-21/h10-17,25H,2-9,18-20H2,1H3,(H,32,33). The number of carboxylic acids is 1. The number of amides is 1. The van der Waals surface area contributed by atoms with Crippen LogP contribution in [0.15, 0.2) is 57.9 Å². The second-order valence-electron chi connectivity index (χ2n) is 9.25. The molecule has 0 radical (unpaired) electrons. The first-order valence-electron chi connectivity index (χ1n) is 12.6. The molecule has 1 atom stereocenters. The molecule has 2 aromatic carbocycles. The molecule has 0 bridgehead atoms. The van der Waals surface area contributed by atoms with Crippen LogP contribution in [0.1, 0.15) is 58.3 Å². The normalized spacial score (nSPS) is 16.9. The number of aliphatic carboxylic acids is 1. The van der Waals surface area contributed by atoms with Crippen molar-refractivity contribution in [2.45, 2.75) is 69.2 Å². The third kappa shape index (κ3) is 7.40. The molecule has 9 heteroatoms. The molecule has 7 nitrogen and oxygen atoms in total. The fraction of sp³-hybridized carbons (Fsp3) is 0.481. The Hall–Kier alpha value is -2.23. The molecule has 196 valence electrons. The van der Waals surface area contributed by atoms with Crippen molar-refractivity contribution in [3.8, 4) is 11.1 Å². The second kappa shape index (κ2) is 13.4. The molecule has 1 heterocycles. The number of benzene rings is 2. The van der Waals surface area contributed by atoms with Gasteiger partial charge in [-0.2, -0.15) is 4.31 Å². The number of carbonyl (C=O) groups is 2. The van der Waals surface area contributed by atoms with Gasteiger partial charge in [0.15, 0.2) is 0 Å². The lowest BCUT2D eigenvalue weighted by Gasteiger charge is -2.38. The van der Waals surface area contributed by atoms with Crippen LogP contribution in [-0.4, -0.2) is 60.3 Å². The lowest BCUT2D eigenvalue weighted by Crippen LogP contribution is -2.60. The van der Waals surface area contributed by atoms with Crippen molar-refractivity contribution in [2.75, 3.05) is 19.6 Å². The molecular formula is C27H35BrN2O5S. The van der Waals surface area contributed by atoms with Crippen LogP contribution in [0.3, 0.4) is 0 Å². The quantitative estimate of drug-likeness (QED) is 0.315. The Morgan fingerprint density at radius 3 is 2.00 bits per heavy atom. The van der Waals surface area contributed by atoms with Gasteiger partial charge in [-0.05, 0) is 41.8 Å². The van der Waals surface area contributed by atoms with Crippen molar-refractivity contribution in [1.29, 1.82) is 0 Å². The number of unbranched alkanes of at least 4 members (excludes halogenated alkanes) is 7. The number of hydrogen-bond acceptors (Lipinski definition) is 4. The van der Waals surface area contributed by atoms with Crippen molar-refractivity contribution >= 4 is 37.8 Å². The molecule has 1 aliphatic rings. The van der Waals surface area contributed by atoms with E-state index in [1.54, 1.807) is 12.1 Å². The monoisotopic (exact) mass is 578 g/mol. The zero-order chi connectivity index (χ0) is 26.1. The molecule has 1 amide bonds. The van der Waals surface area contributed by atoms with E-state index < -0.39 is 28.6 Å². The molecule has 2 aromatic rings. The van der Waals surface area contributed by atoms with Crippen molar-refractivity contribution < 1.29 is 23.1 Å². The maximum atomic E-state index is 13.3. The van der Waals surface area contributed by atoms with Crippen LogP contribution in [-0.2, 0) is 19.6 Å². The summed E-state index contributed by atoms with van der Waals surface area (Å²) in [6, 6.07) is 12.6. The predicted octanol–water partition coefficient (Wildman–Crippen LogP) is 5.54. The molecule has 0 aliphatic carbocycles. The Morgan fingerprint density at radius 1 is 0.917 bits per heavy atom. The third-order valence-corrected chi connectivity index (χ3v) is 8.99. The van der Waals surface area contributed by atoms with Gasteiger partial charge in [0.05, 0.1) is 11.4 Å². The van der Waals surface area contributed by atoms with E-state index in [1.807, 2.05) is 24.3 Å². The number of sulfonamides is 1. The van der Waals surface area contributed by atoms with E-state index in [-0.39, 0.29) is 17.3 Å². The lowest BCUT2D eigenvalue weighted by molar-refractivity contribution is -0.148. The first kappa shape index (κ1) is 28.3. The van der Waals surface area contributed by atoms with Gasteiger partial charge in [-0.15, -0.1) is 0 Å². The number of piperazine rings is 1. The van der Waals surface area contributed by atoms with Crippen LogP contribution in [0.4, 0.5) is 0 Å². The minimum atomic E-state index is -4.16. The molecule has 0 aromatic heterocycles. The molecule has 1 saturated heterocycles. The highest BCUT2D eigenvalue weighted by Gasteiger charge is 2.43. The fourth-order valence-electron chi connectivity index (χ4n) is 4.45. The lowest BCUT2D eigenvalue weighted by atomic mass is 10.1. The van der Waals surface area contributed by atoms with E-state index in [0.717, 1.165) is 39.2 Å². The average Bonchev–Trinajstić information content (AvgIpc) is 2.86. The predicted molar refractivity (Wildman–Crippen MR) is 144 cm³/mol. The van der Waals surface area contributed by atoms with Crippen molar-refractivity contribution in [1.82, 2.24) is 9.21 Å². The van der Waals surface area contributed by atoms with Crippen molar-refractivity contribution in [3.05, 3.63) is 53.0 Å². The van der Waals surface area contributed by atoms with Crippen LogP contribution in [0.25, 0.3) is 11.1 Å². The van der Waals surface area contributed by atoms with Gasteiger partial charge in [-0.25, -0.2) is 8.42 Å². The van der Waals surface area contributed by atoms with E-state index in [2.05, 4.69) is 22.9 Å². The summed E-state index contributed by atoms with van der Waals surface area (Å²) in [6.45, 7) is 2.03. The minimum Gasteiger partial charge on any atom is -0.480 e. The number of carbonyl (C=O) groups excluding carboxylic acids is 1. The van der Waals surface area contributed by atoms with E-state index in [9.17, 15) is 23.1 Å². The van der Waals surface area contributed by atoms with Gasteiger partial charge in [0.25, 0.3) is 0 Å². The van der Waals surface area contributed by atoms with Crippen molar-refractivity contribution in [2.24, 2.45) is 0 Å². The molecule has 0 saturated carbocycles. The number of halogens is 1. The summed E-state index contributed by atoms with van der Waals surface area (Å²) in [5.74, 6) is -1.61. The van der Waals surface area contributed by atoms with Crippen LogP contribution in [0, 0.1) is 0 Å². The fourth-order valence-corrected chi connectivity index (χ4v) is 6.24. The Kier molecular flexibility index (Phi) is 10.5. The Morgan fingerprint density at radius 2 is 1.44 bits per heavy atom. The summed E-state index contributed by atoms with van der Waals surface area (Å²) in [7, 11) is -4.16. The second-order valence-corrected chi connectivity index (χ2v) is 12.1. The van der Waals surface area contributed by atoms with Gasteiger partial charge < -0.3 is 10.0 Å². The molecule has 3 rings (SSSR count). The van der Waals surface area contributed by atoms with Crippen LogP contribution in [0.5, 0.6) is 0 Å². The molecular weight excluding hydrogens is 544 g/mol. The molecule has 1 aliphatic heterocycles. The van der Waals surface area contributed by atoms with Gasteiger partial charge >= 0.3 is 5.97 Å². The van der Waals surface area contributed by atoms with E-state index in [1.165, 1.54) is 49.1 Å². The average molecular weight is 580 g/mol. The summed E-state index contributed by atoms with van der Waals surface area (Å²) >= 11 is 3.39. The molecule has 36 heavy (non-hydrogen) atoms. The largest absolute Gasteiger partial charge is 0.480 e. The van der Waals surface area contributed by atoms with E-state index >= 15 is 0 Å². The van der Waals surface area contributed by atoms with Crippen LogP contribution in [0.2, 0.25) is 0 Å². The summed E-state index contributed by atoms with van der Waals surface area (Å²) in [6.07, 6.45) is 8.95. The topological polar surface area (TPSA) is 95.0 Å². The highest BCUT2D eigenvalue weighted by atomic mass is 79.9. The number of rotatable bonds is 13. The number of nitrogens with zero attached hydrogens (tertiary/aromatic N) is 2. The zero-order valence-corrected chi connectivity index (χ0v) is 23.1. The minimum absolute atomic E-state index is 0.0288. The van der Waals surface area contributed by atoms with Gasteiger partial charge in [0.2, 0.25) is 15.9 Å². The SMILES string of the molecule is CCCCCCCCCCN1CC(C(=O)O)N(S(=O)(=O)c2ccc(-c3ccc(Br)cc3)cc2)CC1=O. The van der Waals surface area contributed by atoms with Gasteiger partial charge in [-0.1, -0.05) is 92.1 Å². The van der Waals surface area contributed by atoms with Crippen LogP contribution >= 0.6 is 15.9 Å². The van der Waals surface area contributed by atoms with Gasteiger partial charge in [0, 0.05) is 17.6 Å².